The van der Waals surface area contributed by atoms with E-state index in [4.69, 9.17) is 9.47 Å². The molecule has 0 bridgehead atoms. The molecule has 0 saturated carbocycles. The standard InChI is InChI=1S/C31H32N2O3/c1-22(27-11-7-9-24-8-3-4-10-28(24)27)32-20-26-21-33(29-12-5-6-13-30(29)36-26)25-17-14-23(15-18-25)16-19-31(34)35-2/h3-15,17-18,22,26,32H,16,19-21H2,1-2H3/t22-,26?/m1/s1. The second-order valence-electron chi connectivity index (χ2n) is 9.26. The van der Waals surface area contributed by atoms with Crippen molar-refractivity contribution < 1.29 is 14.3 Å². The van der Waals surface area contributed by atoms with Gasteiger partial charge in [0, 0.05) is 24.7 Å². The van der Waals surface area contributed by atoms with E-state index in [1.165, 1.54) is 23.4 Å². The normalized spacial score (nSPS) is 15.7. The molecule has 0 fully saturated rings. The molecule has 1 unspecified atom stereocenters. The number of carbonyl (C=O) groups is 1. The van der Waals surface area contributed by atoms with Gasteiger partial charge in [0.2, 0.25) is 0 Å². The first-order chi connectivity index (χ1) is 17.6. The molecule has 1 heterocycles. The minimum absolute atomic E-state index is 0.00340. The lowest BCUT2D eigenvalue weighted by Gasteiger charge is -2.37. The van der Waals surface area contributed by atoms with E-state index in [-0.39, 0.29) is 18.1 Å². The van der Waals surface area contributed by atoms with Gasteiger partial charge in [0.1, 0.15) is 11.9 Å². The molecule has 0 spiro atoms. The Labute approximate surface area is 212 Å². The number of nitrogens with one attached hydrogen (secondary N) is 1. The van der Waals surface area contributed by atoms with Crippen LogP contribution in [0, 0.1) is 0 Å². The predicted molar refractivity (Wildman–Crippen MR) is 145 cm³/mol. The summed E-state index contributed by atoms with van der Waals surface area (Å²) in [5.41, 5.74) is 4.59. The zero-order valence-electron chi connectivity index (χ0n) is 20.8. The number of anilines is 2. The molecule has 1 aliphatic rings. The number of methoxy groups -OCH3 is 1. The SMILES string of the molecule is COC(=O)CCc1ccc(N2CC(CN[C@H](C)c3cccc4ccccc34)Oc3ccccc32)cc1. The molecule has 0 radical (unpaired) electrons. The van der Waals surface area contributed by atoms with E-state index >= 15 is 0 Å². The Balaban J connectivity index is 1.30. The molecule has 1 aliphatic heterocycles. The fourth-order valence-electron chi connectivity index (χ4n) is 4.89. The Morgan fingerprint density at radius 3 is 2.58 bits per heavy atom. The van der Waals surface area contributed by atoms with Crippen molar-refractivity contribution in [3.8, 4) is 5.75 Å². The molecule has 4 aromatic carbocycles. The van der Waals surface area contributed by atoms with Crippen molar-refractivity contribution in [3.05, 3.63) is 102 Å². The van der Waals surface area contributed by atoms with Gasteiger partial charge in [-0.3, -0.25) is 4.79 Å². The Bertz CT molecular complexity index is 1330. The quantitative estimate of drug-likeness (QED) is 0.305. The summed E-state index contributed by atoms with van der Waals surface area (Å²) in [5.74, 6) is 0.706. The molecule has 36 heavy (non-hydrogen) atoms. The maximum Gasteiger partial charge on any atom is 0.305 e. The summed E-state index contributed by atoms with van der Waals surface area (Å²) in [6, 6.07) is 31.8. The largest absolute Gasteiger partial charge is 0.485 e. The second kappa shape index (κ2) is 10.8. The van der Waals surface area contributed by atoms with E-state index in [0.717, 1.165) is 35.8 Å². The van der Waals surface area contributed by atoms with E-state index in [1.54, 1.807) is 0 Å². The summed E-state index contributed by atoms with van der Waals surface area (Å²) in [5, 5.41) is 6.25. The molecule has 184 valence electrons. The minimum Gasteiger partial charge on any atom is -0.485 e. The van der Waals surface area contributed by atoms with E-state index in [9.17, 15) is 4.79 Å². The highest BCUT2D eigenvalue weighted by atomic mass is 16.5. The van der Waals surface area contributed by atoms with E-state index in [0.29, 0.717) is 12.8 Å². The summed E-state index contributed by atoms with van der Waals surface area (Å²) in [6.07, 6.45) is 1.06. The molecule has 2 atom stereocenters. The number of carbonyl (C=O) groups excluding carboxylic acids is 1. The van der Waals surface area contributed by atoms with Gasteiger partial charge in [-0.1, -0.05) is 66.7 Å². The van der Waals surface area contributed by atoms with Crippen molar-refractivity contribution in [2.75, 3.05) is 25.1 Å². The highest BCUT2D eigenvalue weighted by molar-refractivity contribution is 5.86. The first-order valence-electron chi connectivity index (χ1n) is 12.5. The number of hydrogen-bond donors (Lipinski definition) is 1. The van der Waals surface area contributed by atoms with E-state index in [2.05, 4.69) is 89.9 Å². The van der Waals surface area contributed by atoms with Crippen LogP contribution in [0.3, 0.4) is 0 Å². The number of aryl methyl sites for hydroxylation is 1. The molecule has 0 aliphatic carbocycles. The van der Waals surface area contributed by atoms with Crippen molar-refractivity contribution in [2.45, 2.75) is 31.9 Å². The molecule has 5 nitrogen and oxygen atoms in total. The summed E-state index contributed by atoms with van der Waals surface area (Å²) in [7, 11) is 1.43. The minimum atomic E-state index is -0.186. The lowest BCUT2D eigenvalue weighted by Crippen LogP contribution is -2.44. The van der Waals surface area contributed by atoms with Crippen LogP contribution in [-0.2, 0) is 16.0 Å². The van der Waals surface area contributed by atoms with Crippen LogP contribution in [0.15, 0.2) is 91.0 Å². The summed E-state index contributed by atoms with van der Waals surface area (Å²) in [4.78, 5) is 13.8. The Morgan fingerprint density at radius 2 is 1.75 bits per heavy atom. The maximum atomic E-state index is 11.5. The molecule has 5 heteroatoms. The molecule has 0 aromatic heterocycles. The maximum absolute atomic E-state index is 11.5. The van der Waals surface area contributed by atoms with Crippen molar-refractivity contribution in [2.24, 2.45) is 0 Å². The van der Waals surface area contributed by atoms with Crippen LogP contribution in [0.25, 0.3) is 10.8 Å². The van der Waals surface area contributed by atoms with Crippen molar-refractivity contribution in [1.29, 1.82) is 0 Å². The van der Waals surface area contributed by atoms with E-state index in [1.807, 2.05) is 18.2 Å². The topological polar surface area (TPSA) is 50.8 Å². The third-order valence-corrected chi connectivity index (χ3v) is 6.87. The third-order valence-electron chi connectivity index (χ3n) is 6.87. The van der Waals surface area contributed by atoms with E-state index < -0.39 is 0 Å². The smallest absolute Gasteiger partial charge is 0.305 e. The highest BCUT2D eigenvalue weighted by Crippen LogP contribution is 2.38. The number of fused-ring (bicyclic) bond motifs is 2. The zero-order valence-corrected chi connectivity index (χ0v) is 20.8. The molecule has 0 amide bonds. The van der Waals surface area contributed by atoms with Gasteiger partial charge in [-0.2, -0.15) is 0 Å². The number of esters is 1. The monoisotopic (exact) mass is 480 g/mol. The Kier molecular flexibility index (Phi) is 7.19. The molecule has 4 aromatic rings. The zero-order chi connectivity index (χ0) is 24.9. The van der Waals surface area contributed by atoms with Gasteiger partial charge >= 0.3 is 5.97 Å². The van der Waals surface area contributed by atoms with Gasteiger partial charge in [-0.05, 0) is 59.5 Å². The molecule has 0 saturated heterocycles. The average molecular weight is 481 g/mol. The van der Waals surface area contributed by atoms with Gasteiger partial charge in [-0.25, -0.2) is 0 Å². The highest BCUT2D eigenvalue weighted by Gasteiger charge is 2.27. The number of nitrogens with zero attached hydrogens (tertiary/aromatic N) is 1. The number of ether oxygens (including phenoxy) is 2. The van der Waals surface area contributed by atoms with Gasteiger partial charge in [0.25, 0.3) is 0 Å². The molecular weight excluding hydrogens is 448 g/mol. The van der Waals surface area contributed by atoms with Crippen molar-refractivity contribution in [1.82, 2.24) is 5.32 Å². The van der Waals surface area contributed by atoms with Gasteiger partial charge in [0.15, 0.2) is 0 Å². The fourth-order valence-corrected chi connectivity index (χ4v) is 4.89. The van der Waals surface area contributed by atoms with Crippen LogP contribution < -0.4 is 15.0 Å². The lowest BCUT2D eigenvalue weighted by atomic mass is 9.99. The lowest BCUT2D eigenvalue weighted by molar-refractivity contribution is -0.140. The number of hydrogen-bond acceptors (Lipinski definition) is 5. The van der Waals surface area contributed by atoms with Gasteiger partial charge in [-0.15, -0.1) is 0 Å². The fraction of sp³-hybridized carbons (Fsp3) is 0.258. The first kappa shape index (κ1) is 23.9. The molecule has 5 rings (SSSR count). The van der Waals surface area contributed by atoms with Crippen LogP contribution in [-0.4, -0.2) is 32.3 Å². The van der Waals surface area contributed by atoms with Crippen LogP contribution in [0.2, 0.25) is 0 Å². The Hall–Kier alpha value is -3.83. The van der Waals surface area contributed by atoms with Crippen LogP contribution in [0.1, 0.15) is 30.5 Å². The van der Waals surface area contributed by atoms with Gasteiger partial charge in [0.05, 0.1) is 19.3 Å². The van der Waals surface area contributed by atoms with Gasteiger partial charge < -0.3 is 19.7 Å². The molecule has 1 N–H and O–H groups in total. The Morgan fingerprint density at radius 1 is 1.00 bits per heavy atom. The number of rotatable bonds is 8. The third kappa shape index (κ3) is 5.21. The number of benzene rings is 4. The van der Waals surface area contributed by atoms with Crippen LogP contribution in [0.4, 0.5) is 11.4 Å². The predicted octanol–water partition coefficient (Wildman–Crippen LogP) is 6.20. The second-order valence-corrected chi connectivity index (χ2v) is 9.26. The van der Waals surface area contributed by atoms with Crippen molar-refractivity contribution in [3.63, 3.8) is 0 Å². The van der Waals surface area contributed by atoms with Crippen LogP contribution in [0.5, 0.6) is 5.75 Å². The van der Waals surface area contributed by atoms with Crippen molar-refractivity contribution >= 4 is 28.1 Å². The summed E-state index contributed by atoms with van der Waals surface area (Å²) < 4.78 is 11.2. The first-order valence-corrected chi connectivity index (χ1v) is 12.5. The summed E-state index contributed by atoms with van der Waals surface area (Å²) in [6.45, 7) is 3.68. The van der Waals surface area contributed by atoms with Crippen LogP contribution >= 0.6 is 0 Å². The number of para-hydroxylation sites is 2. The summed E-state index contributed by atoms with van der Waals surface area (Å²) >= 11 is 0. The molecular formula is C31H32N2O3. The average Bonchev–Trinajstić information content (AvgIpc) is 2.94.